The van der Waals surface area contributed by atoms with Crippen molar-refractivity contribution in [3.63, 3.8) is 0 Å². The van der Waals surface area contributed by atoms with Crippen LogP contribution in [0.25, 0.3) is 0 Å². The van der Waals surface area contributed by atoms with Crippen molar-refractivity contribution in [2.24, 2.45) is 5.84 Å². The zero-order valence-electron chi connectivity index (χ0n) is 11.6. The maximum absolute atomic E-state index is 12.6. The first kappa shape index (κ1) is 15.4. The van der Waals surface area contributed by atoms with E-state index < -0.39 is 10.0 Å². The molecule has 2 aromatic heterocycles. The van der Waals surface area contributed by atoms with Gasteiger partial charge in [0, 0.05) is 37.7 Å². The third kappa shape index (κ3) is 3.54. The Morgan fingerprint density at radius 2 is 1.95 bits per heavy atom. The van der Waals surface area contributed by atoms with E-state index in [-0.39, 0.29) is 11.4 Å². The standard InChI is InChI=1S/C13H17N5O2S/c1-2-18(10-11-3-6-15-7-4-11)21(19,20)12-5-8-16-13(9-12)17-14/h3-9H,2,10,14H2,1H3,(H,16,17). The van der Waals surface area contributed by atoms with Crippen molar-refractivity contribution in [3.8, 4) is 0 Å². The molecule has 3 N–H and O–H groups in total. The first-order chi connectivity index (χ1) is 10.1. The third-order valence-corrected chi connectivity index (χ3v) is 4.89. The van der Waals surface area contributed by atoms with Crippen molar-refractivity contribution < 1.29 is 8.42 Å². The normalized spacial score (nSPS) is 11.6. The van der Waals surface area contributed by atoms with E-state index in [4.69, 9.17) is 5.84 Å². The summed E-state index contributed by atoms with van der Waals surface area (Å²) in [5.74, 6) is 5.57. The van der Waals surface area contributed by atoms with Crippen LogP contribution in [0.2, 0.25) is 0 Å². The second-order valence-corrected chi connectivity index (χ2v) is 6.25. The zero-order valence-corrected chi connectivity index (χ0v) is 12.4. The van der Waals surface area contributed by atoms with Crippen molar-refractivity contribution in [1.82, 2.24) is 14.3 Å². The summed E-state index contributed by atoms with van der Waals surface area (Å²) in [7, 11) is -3.60. The van der Waals surface area contributed by atoms with E-state index >= 15 is 0 Å². The molecule has 2 heterocycles. The second kappa shape index (κ2) is 6.61. The highest BCUT2D eigenvalue weighted by molar-refractivity contribution is 7.89. The van der Waals surface area contributed by atoms with Gasteiger partial charge in [-0.15, -0.1) is 0 Å². The number of nitrogens with one attached hydrogen (secondary N) is 1. The van der Waals surface area contributed by atoms with Crippen LogP contribution in [0, 0.1) is 0 Å². The van der Waals surface area contributed by atoms with Crippen LogP contribution >= 0.6 is 0 Å². The molecule has 0 aliphatic rings. The van der Waals surface area contributed by atoms with E-state index in [1.165, 1.54) is 22.6 Å². The number of nitrogens with zero attached hydrogens (tertiary/aromatic N) is 3. The van der Waals surface area contributed by atoms with Crippen molar-refractivity contribution in [1.29, 1.82) is 0 Å². The Kier molecular flexibility index (Phi) is 4.84. The molecule has 0 radical (unpaired) electrons. The molecule has 8 heteroatoms. The lowest BCUT2D eigenvalue weighted by Crippen LogP contribution is -2.30. The molecule has 0 spiro atoms. The zero-order chi connectivity index (χ0) is 15.3. The average molecular weight is 307 g/mol. The lowest BCUT2D eigenvalue weighted by Gasteiger charge is -2.20. The summed E-state index contributed by atoms with van der Waals surface area (Å²) in [5, 5.41) is 0. The van der Waals surface area contributed by atoms with Gasteiger partial charge in [-0.3, -0.25) is 4.98 Å². The van der Waals surface area contributed by atoms with E-state index in [0.29, 0.717) is 12.4 Å². The Hall–Kier alpha value is -2.03. The molecule has 0 amide bonds. The van der Waals surface area contributed by atoms with Crippen molar-refractivity contribution >= 4 is 15.8 Å². The quantitative estimate of drug-likeness (QED) is 0.609. The Morgan fingerprint density at radius 3 is 2.57 bits per heavy atom. The van der Waals surface area contributed by atoms with Gasteiger partial charge in [0.2, 0.25) is 10.0 Å². The number of hydrazine groups is 1. The van der Waals surface area contributed by atoms with Crippen LogP contribution in [0.1, 0.15) is 12.5 Å². The van der Waals surface area contributed by atoms with Gasteiger partial charge in [-0.1, -0.05) is 6.92 Å². The van der Waals surface area contributed by atoms with Crippen LogP contribution in [0.4, 0.5) is 5.82 Å². The topological polar surface area (TPSA) is 101 Å². The molecule has 7 nitrogen and oxygen atoms in total. The first-order valence-electron chi connectivity index (χ1n) is 6.39. The number of hydrogen-bond acceptors (Lipinski definition) is 6. The van der Waals surface area contributed by atoms with Crippen LogP contribution in [-0.2, 0) is 16.6 Å². The maximum atomic E-state index is 12.6. The van der Waals surface area contributed by atoms with Gasteiger partial charge in [-0.2, -0.15) is 4.31 Å². The lowest BCUT2D eigenvalue weighted by molar-refractivity contribution is 0.423. The van der Waals surface area contributed by atoms with Gasteiger partial charge in [0.15, 0.2) is 0 Å². The first-order valence-corrected chi connectivity index (χ1v) is 7.83. The summed E-state index contributed by atoms with van der Waals surface area (Å²) in [6.45, 7) is 2.44. The van der Waals surface area contributed by atoms with Crippen molar-refractivity contribution in [3.05, 3.63) is 48.4 Å². The van der Waals surface area contributed by atoms with Crippen molar-refractivity contribution in [2.75, 3.05) is 12.0 Å². The minimum Gasteiger partial charge on any atom is -0.308 e. The molecule has 0 aliphatic carbocycles. The predicted molar refractivity (Wildman–Crippen MR) is 79.6 cm³/mol. The molecule has 112 valence electrons. The fraction of sp³-hybridized carbons (Fsp3) is 0.231. The molecule has 0 bridgehead atoms. The maximum Gasteiger partial charge on any atom is 0.243 e. The average Bonchev–Trinajstić information content (AvgIpc) is 2.53. The fourth-order valence-electron chi connectivity index (χ4n) is 1.86. The summed E-state index contributed by atoms with van der Waals surface area (Å²) in [6, 6.07) is 6.44. The van der Waals surface area contributed by atoms with Crippen LogP contribution < -0.4 is 11.3 Å². The Balaban J connectivity index is 2.31. The Morgan fingerprint density at radius 1 is 1.24 bits per heavy atom. The Bertz CT molecular complexity index is 691. The van der Waals surface area contributed by atoms with Gasteiger partial charge < -0.3 is 5.43 Å². The number of anilines is 1. The van der Waals surface area contributed by atoms with Gasteiger partial charge in [-0.05, 0) is 23.8 Å². The summed E-state index contributed by atoms with van der Waals surface area (Å²) < 4.78 is 26.7. The van der Waals surface area contributed by atoms with Crippen LogP contribution in [-0.4, -0.2) is 29.2 Å². The lowest BCUT2D eigenvalue weighted by atomic mass is 10.3. The molecule has 2 rings (SSSR count). The summed E-state index contributed by atoms with van der Waals surface area (Å²) in [4.78, 5) is 7.99. The molecular formula is C13H17N5O2S. The highest BCUT2D eigenvalue weighted by Gasteiger charge is 2.23. The molecule has 0 atom stereocenters. The number of nitrogens with two attached hydrogens (primary N) is 1. The number of rotatable bonds is 6. The van der Waals surface area contributed by atoms with Gasteiger partial charge in [0.1, 0.15) is 5.82 Å². The fourth-order valence-corrected chi connectivity index (χ4v) is 3.31. The number of sulfonamides is 1. The van der Waals surface area contributed by atoms with E-state index in [1.54, 1.807) is 31.5 Å². The van der Waals surface area contributed by atoms with Gasteiger partial charge >= 0.3 is 0 Å². The highest BCUT2D eigenvalue weighted by Crippen LogP contribution is 2.19. The molecule has 0 fully saturated rings. The van der Waals surface area contributed by atoms with Crippen LogP contribution in [0.15, 0.2) is 47.8 Å². The molecular weight excluding hydrogens is 290 g/mol. The predicted octanol–water partition coefficient (Wildman–Crippen LogP) is 0.973. The van der Waals surface area contributed by atoms with Crippen LogP contribution in [0.3, 0.4) is 0 Å². The highest BCUT2D eigenvalue weighted by atomic mass is 32.2. The molecule has 0 aliphatic heterocycles. The number of aromatic nitrogens is 2. The number of hydrogen-bond donors (Lipinski definition) is 2. The smallest absolute Gasteiger partial charge is 0.243 e. The van der Waals surface area contributed by atoms with Gasteiger partial charge in [-0.25, -0.2) is 19.2 Å². The molecule has 0 unspecified atom stereocenters. The number of nitrogen functional groups attached to an aromatic ring is 1. The van der Waals surface area contributed by atoms with Gasteiger partial charge in [0.25, 0.3) is 0 Å². The molecule has 0 saturated carbocycles. The van der Waals surface area contributed by atoms with Crippen molar-refractivity contribution in [2.45, 2.75) is 18.4 Å². The minimum atomic E-state index is -3.60. The van der Waals surface area contributed by atoms with E-state index in [1.807, 2.05) is 0 Å². The second-order valence-electron chi connectivity index (χ2n) is 4.31. The van der Waals surface area contributed by atoms with E-state index in [9.17, 15) is 8.42 Å². The SMILES string of the molecule is CCN(Cc1ccncc1)S(=O)(=O)c1ccnc(NN)c1. The molecule has 0 aromatic carbocycles. The van der Waals surface area contributed by atoms with E-state index in [0.717, 1.165) is 5.56 Å². The minimum absolute atomic E-state index is 0.154. The monoisotopic (exact) mass is 307 g/mol. The molecule has 2 aromatic rings. The van der Waals surface area contributed by atoms with E-state index in [2.05, 4.69) is 15.4 Å². The summed E-state index contributed by atoms with van der Waals surface area (Å²) in [5.41, 5.74) is 3.22. The molecule has 21 heavy (non-hydrogen) atoms. The summed E-state index contributed by atoms with van der Waals surface area (Å²) in [6.07, 6.45) is 4.68. The number of pyridine rings is 2. The summed E-state index contributed by atoms with van der Waals surface area (Å²) >= 11 is 0. The van der Waals surface area contributed by atoms with Gasteiger partial charge in [0.05, 0.1) is 4.90 Å². The largest absolute Gasteiger partial charge is 0.308 e. The third-order valence-electron chi connectivity index (χ3n) is 2.98. The van der Waals surface area contributed by atoms with Crippen LogP contribution in [0.5, 0.6) is 0 Å². The Labute approximate surface area is 123 Å². The molecule has 0 saturated heterocycles.